The molecule has 4 rings (SSSR count). The Labute approximate surface area is 207 Å². The smallest absolute Gasteiger partial charge is 0.303 e. The third-order valence-corrected chi connectivity index (χ3v) is 8.97. The molecular weight excluding hydrogens is 480 g/mol. The number of benzene rings is 1. The molecule has 33 heavy (non-hydrogen) atoms. The monoisotopic (exact) mass is 518 g/mol. The van der Waals surface area contributed by atoms with Gasteiger partial charge in [-0.1, -0.05) is 35.9 Å². The molecule has 0 aromatic heterocycles. The van der Waals surface area contributed by atoms with Crippen LogP contribution in [0.5, 0.6) is 0 Å². The number of anilines is 1. The Balaban J connectivity index is 1.40. The largest absolute Gasteiger partial charge is 0.458 e. The van der Waals surface area contributed by atoms with Crippen molar-refractivity contribution in [1.29, 1.82) is 0 Å². The zero-order valence-corrected chi connectivity index (χ0v) is 22.1. The summed E-state index contributed by atoms with van der Waals surface area (Å²) in [5.74, 6) is 1.02. The summed E-state index contributed by atoms with van der Waals surface area (Å²) in [5.41, 5.74) is 1.59. The first-order chi connectivity index (χ1) is 15.7. The van der Waals surface area contributed by atoms with Gasteiger partial charge < -0.3 is 14.7 Å². The molecule has 6 atom stereocenters. The minimum absolute atomic E-state index is 0.132. The molecule has 5 nitrogen and oxygen atoms in total. The molecule has 1 saturated carbocycles. The van der Waals surface area contributed by atoms with Crippen LogP contribution in [-0.2, 0) is 9.53 Å². The van der Waals surface area contributed by atoms with Crippen molar-refractivity contribution in [3.05, 3.63) is 40.4 Å². The van der Waals surface area contributed by atoms with Crippen LogP contribution in [-0.4, -0.2) is 60.4 Å². The van der Waals surface area contributed by atoms with Crippen LogP contribution in [0.3, 0.4) is 0 Å². The zero-order valence-electron chi connectivity index (χ0n) is 20.5. The van der Waals surface area contributed by atoms with Crippen molar-refractivity contribution in [2.45, 2.75) is 58.7 Å². The van der Waals surface area contributed by atoms with Crippen molar-refractivity contribution in [3.63, 3.8) is 0 Å². The second-order valence-corrected chi connectivity index (χ2v) is 11.5. The summed E-state index contributed by atoms with van der Waals surface area (Å²) in [7, 11) is 0. The Morgan fingerprint density at radius 2 is 1.88 bits per heavy atom. The molecule has 0 bridgehead atoms. The predicted octanol–water partition coefficient (Wildman–Crippen LogP) is 4.88. The van der Waals surface area contributed by atoms with Gasteiger partial charge in [-0.2, -0.15) is 0 Å². The minimum atomic E-state index is -0.795. The van der Waals surface area contributed by atoms with Gasteiger partial charge in [0.25, 0.3) is 0 Å². The third-order valence-electron chi connectivity index (χ3n) is 8.44. The summed E-state index contributed by atoms with van der Waals surface area (Å²) in [6.45, 7) is 13.3. The molecule has 182 valence electrons. The number of nitrogens with zero attached hydrogens (tertiary/aromatic N) is 2. The highest BCUT2D eigenvalue weighted by atomic mass is 79.9. The molecule has 6 heteroatoms. The summed E-state index contributed by atoms with van der Waals surface area (Å²) >= 11 is 3.52. The van der Waals surface area contributed by atoms with Gasteiger partial charge in [0.05, 0.1) is 5.60 Å². The number of halogens is 1. The lowest BCUT2D eigenvalue weighted by Gasteiger charge is -2.53. The van der Waals surface area contributed by atoms with E-state index >= 15 is 0 Å². The lowest BCUT2D eigenvalue weighted by atomic mass is 9.57. The molecule has 1 saturated heterocycles. The molecule has 1 aromatic rings. The second-order valence-electron chi connectivity index (χ2n) is 10.6. The first-order valence-electron chi connectivity index (χ1n) is 12.5. The van der Waals surface area contributed by atoms with Gasteiger partial charge in [0.1, 0.15) is 6.10 Å². The topological polar surface area (TPSA) is 53.0 Å². The van der Waals surface area contributed by atoms with Crippen molar-refractivity contribution in [1.82, 2.24) is 4.90 Å². The first-order valence-corrected chi connectivity index (χ1v) is 13.3. The van der Waals surface area contributed by atoms with Crippen molar-refractivity contribution in [2.24, 2.45) is 23.7 Å². The molecule has 0 radical (unpaired) electrons. The third kappa shape index (κ3) is 5.33. The molecule has 1 aliphatic heterocycles. The van der Waals surface area contributed by atoms with E-state index in [0.717, 1.165) is 55.6 Å². The van der Waals surface area contributed by atoms with Crippen molar-refractivity contribution in [3.8, 4) is 0 Å². The molecule has 1 aromatic carbocycles. The minimum Gasteiger partial charge on any atom is -0.458 e. The van der Waals surface area contributed by atoms with Crippen LogP contribution in [0.25, 0.3) is 0 Å². The van der Waals surface area contributed by atoms with E-state index in [-0.39, 0.29) is 23.9 Å². The standard InChI is InChI=1S/C27H39BrN2O3/c1-18-15-25-24(10-5-20(3)27(25,32)16-26(18)33-21(4)31)19(2)17-29-11-13-30(14-12-29)23-8-6-22(28)7-9-23/h6-9,15,19-20,24-26,32H,5,10-14,16-17H2,1-4H3/t19-,20-,24+,25-,26-,27-/m1/s1. The Kier molecular flexibility index (Phi) is 7.56. The quantitative estimate of drug-likeness (QED) is 0.444. The number of aliphatic hydroxyl groups is 1. The maximum atomic E-state index is 11.8. The molecule has 0 unspecified atom stereocenters. The lowest BCUT2D eigenvalue weighted by Crippen LogP contribution is -2.56. The molecule has 2 fully saturated rings. The van der Waals surface area contributed by atoms with Gasteiger partial charge in [0.15, 0.2) is 0 Å². The van der Waals surface area contributed by atoms with Gasteiger partial charge in [-0.25, -0.2) is 0 Å². The Bertz CT molecular complexity index is 865. The molecule has 1 heterocycles. The van der Waals surface area contributed by atoms with Gasteiger partial charge in [-0.3, -0.25) is 9.69 Å². The predicted molar refractivity (Wildman–Crippen MR) is 136 cm³/mol. The van der Waals surface area contributed by atoms with Gasteiger partial charge >= 0.3 is 5.97 Å². The summed E-state index contributed by atoms with van der Waals surface area (Å²) < 4.78 is 6.67. The van der Waals surface area contributed by atoms with Gasteiger partial charge in [-0.15, -0.1) is 0 Å². The number of hydrogen-bond donors (Lipinski definition) is 1. The fourth-order valence-electron chi connectivity index (χ4n) is 6.38. The van der Waals surface area contributed by atoms with Crippen LogP contribution in [0.15, 0.2) is 40.4 Å². The molecule has 2 aliphatic carbocycles. The van der Waals surface area contributed by atoms with Crippen LogP contribution in [0, 0.1) is 23.7 Å². The van der Waals surface area contributed by atoms with Crippen LogP contribution < -0.4 is 4.90 Å². The molecule has 0 amide bonds. The zero-order chi connectivity index (χ0) is 23.8. The highest BCUT2D eigenvalue weighted by Crippen LogP contribution is 2.51. The van der Waals surface area contributed by atoms with E-state index in [4.69, 9.17) is 4.74 Å². The SMILES string of the molecule is CC(=O)O[C@@H]1C[C@@]2(O)[C@H](C)CC[C@@H]([C@H](C)CN3CCN(c4ccc(Br)cc4)CC3)[C@H]2C=C1C. The van der Waals surface area contributed by atoms with Crippen molar-refractivity contribution in [2.75, 3.05) is 37.6 Å². The fourth-order valence-corrected chi connectivity index (χ4v) is 6.65. The summed E-state index contributed by atoms with van der Waals surface area (Å²) in [4.78, 5) is 16.6. The molecule has 0 spiro atoms. The first kappa shape index (κ1) is 24.7. The fraction of sp³-hybridized carbons (Fsp3) is 0.667. The van der Waals surface area contributed by atoms with E-state index in [1.807, 2.05) is 0 Å². The number of carbonyl (C=O) groups is 1. The van der Waals surface area contributed by atoms with Crippen molar-refractivity contribution < 1.29 is 14.6 Å². The van der Waals surface area contributed by atoms with E-state index < -0.39 is 5.60 Å². The summed E-state index contributed by atoms with van der Waals surface area (Å²) in [6.07, 6.45) is 4.64. The van der Waals surface area contributed by atoms with E-state index in [9.17, 15) is 9.90 Å². The maximum absolute atomic E-state index is 11.8. The van der Waals surface area contributed by atoms with Crippen molar-refractivity contribution >= 4 is 27.6 Å². The molecular formula is C27H39BrN2O3. The molecule has 3 aliphatic rings. The average molecular weight is 520 g/mol. The van der Waals surface area contributed by atoms with E-state index in [1.54, 1.807) is 0 Å². The second kappa shape index (κ2) is 10.1. The van der Waals surface area contributed by atoms with Crippen LogP contribution >= 0.6 is 15.9 Å². The van der Waals surface area contributed by atoms with Crippen LogP contribution in [0.1, 0.15) is 47.0 Å². The maximum Gasteiger partial charge on any atom is 0.303 e. The van der Waals surface area contributed by atoms with Gasteiger partial charge in [0, 0.05) is 62.1 Å². The summed E-state index contributed by atoms with van der Waals surface area (Å²) in [5, 5.41) is 11.8. The Morgan fingerprint density at radius 1 is 1.21 bits per heavy atom. The number of esters is 1. The van der Waals surface area contributed by atoms with E-state index in [2.05, 4.69) is 76.8 Å². The van der Waals surface area contributed by atoms with Gasteiger partial charge in [0.2, 0.25) is 0 Å². The van der Waals surface area contributed by atoms with Crippen LogP contribution in [0.4, 0.5) is 5.69 Å². The number of rotatable bonds is 5. The normalized spacial score (nSPS) is 33.8. The number of carbonyl (C=O) groups excluding carboxylic acids is 1. The number of fused-ring (bicyclic) bond motifs is 1. The van der Waals surface area contributed by atoms with E-state index in [0.29, 0.717) is 18.3 Å². The van der Waals surface area contributed by atoms with E-state index in [1.165, 1.54) is 12.6 Å². The highest BCUT2D eigenvalue weighted by Gasteiger charge is 2.52. The Morgan fingerprint density at radius 3 is 2.52 bits per heavy atom. The average Bonchev–Trinajstić information content (AvgIpc) is 2.77. The molecule has 1 N–H and O–H groups in total. The number of ether oxygens (including phenoxy) is 1. The lowest BCUT2D eigenvalue weighted by molar-refractivity contribution is -0.159. The highest BCUT2D eigenvalue weighted by molar-refractivity contribution is 9.10. The number of hydrogen-bond acceptors (Lipinski definition) is 5. The van der Waals surface area contributed by atoms with Crippen LogP contribution in [0.2, 0.25) is 0 Å². The summed E-state index contributed by atoms with van der Waals surface area (Å²) in [6, 6.07) is 8.60. The van der Waals surface area contributed by atoms with Gasteiger partial charge in [-0.05, 0) is 67.4 Å². The number of piperazine rings is 1. The Hall–Kier alpha value is -1.37.